The summed E-state index contributed by atoms with van der Waals surface area (Å²) < 4.78 is 4.96. The number of rotatable bonds is 7. The molecule has 0 aliphatic heterocycles. The van der Waals surface area contributed by atoms with Crippen molar-refractivity contribution in [2.75, 3.05) is 13.2 Å². The molecule has 106 valence electrons. The Morgan fingerprint density at radius 2 is 2.21 bits per heavy atom. The van der Waals surface area contributed by atoms with Crippen molar-refractivity contribution in [3.63, 3.8) is 0 Å². The molecule has 0 bridgehead atoms. The van der Waals surface area contributed by atoms with Gasteiger partial charge in [0.05, 0.1) is 6.61 Å². The summed E-state index contributed by atoms with van der Waals surface area (Å²) in [6.45, 7) is 7.39. The van der Waals surface area contributed by atoms with Gasteiger partial charge in [-0.05, 0) is 19.8 Å². The van der Waals surface area contributed by atoms with Crippen LogP contribution in [0.5, 0.6) is 0 Å². The van der Waals surface area contributed by atoms with Crippen LogP contribution < -0.4 is 5.32 Å². The summed E-state index contributed by atoms with van der Waals surface area (Å²) in [5.74, 6) is -0.261. The number of hydrogen-bond acceptors (Lipinski definition) is 3. The monoisotopic (exact) mass is 263 g/mol. The normalized spacial score (nSPS) is 22.4. The fraction of sp³-hybridized carbons (Fsp3) is 0.562. The average Bonchev–Trinajstić information content (AvgIpc) is 2.37. The molecule has 0 aromatic rings. The van der Waals surface area contributed by atoms with Gasteiger partial charge in [-0.25, -0.2) is 4.79 Å². The topological polar surface area (TPSA) is 38.3 Å². The van der Waals surface area contributed by atoms with Crippen LogP contribution in [0.1, 0.15) is 40.0 Å². The molecular formula is C16H25NO2. The molecule has 0 saturated carbocycles. The van der Waals surface area contributed by atoms with E-state index in [0.717, 1.165) is 31.5 Å². The number of allylic oxidation sites excluding steroid dienone is 4. The summed E-state index contributed by atoms with van der Waals surface area (Å²) in [5.41, 5.74) is 1.08. The van der Waals surface area contributed by atoms with Gasteiger partial charge in [0.2, 0.25) is 0 Å². The Hall–Kier alpha value is -1.51. The first kappa shape index (κ1) is 15.5. The van der Waals surface area contributed by atoms with E-state index in [9.17, 15) is 4.79 Å². The van der Waals surface area contributed by atoms with Crippen molar-refractivity contribution in [2.24, 2.45) is 5.41 Å². The van der Waals surface area contributed by atoms with Crippen LogP contribution in [0.4, 0.5) is 0 Å². The summed E-state index contributed by atoms with van der Waals surface area (Å²) in [6, 6.07) is 0. The fourth-order valence-electron chi connectivity index (χ4n) is 2.03. The van der Waals surface area contributed by atoms with Gasteiger partial charge >= 0.3 is 5.97 Å². The minimum atomic E-state index is -0.261. The van der Waals surface area contributed by atoms with E-state index in [0.29, 0.717) is 6.61 Å². The first-order valence-electron chi connectivity index (χ1n) is 7.05. The number of carbonyl (C=O) groups is 1. The third-order valence-electron chi connectivity index (χ3n) is 3.15. The Labute approximate surface area is 116 Å². The van der Waals surface area contributed by atoms with E-state index in [-0.39, 0.29) is 11.4 Å². The fourth-order valence-corrected chi connectivity index (χ4v) is 2.03. The van der Waals surface area contributed by atoms with E-state index < -0.39 is 0 Å². The second kappa shape index (κ2) is 7.82. The van der Waals surface area contributed by atoms with Gasteiger partial charge in [0.1, 0.15) is 0 Å². The van der Waals surface area contributed by atoms with E-state index in [1.165, 1.54) is 0 Å². The van der Waals surface area contributed by atoms with Gasteiger partial charge in [-0.15, -0.1) is 0 Å². The summed E-state index contributed by atoms with van der Waals surface area (Å²) in [6.07, 6.45) is 13.0. The number of esters is 1. The van der Waals surface area contributed by atoms with Crippen LogP contribution in [0.25, 0.3) is 0 Å². The van der Waals surface area contributed by atoms with E-state index >= 15 is 0 Å². The molecule has 0 radical (unpaired) electrons. The molecule has 1 rings (SSSR count). The van der Waals surface area contributed by atoms with Crippen molar-refractivity contribution in [1.29, 1.82) is 0 Å². The number of nitrogens with one attached hydrogen (secondary N) is 1. The van der Waals surface area contributed by atoms with E-state index in [1.807, 2.05) is 6.92 Å². The summed E-state index contributed by atoms with van der Waals surface area (Å²) in [5, 5.41) is 3.40. The second-order valence-corrected chi connectivity index (χ2v) is 5.17. The quantitative estimate of drug-likeness (QED) is 0.565. The highest BCUT2D eigenvalue weighted by Gasteiger charge is 2.20. The van der Waals surface area contributed by atoms with Crippen molar-refractivity contribution in [3.05, 3.63) is 36.1 Å². The predicted octanol–water partition coefficient (Wildman–Crippen LogP) is 3.35. The Kier molecular flexibility index (Phi) is 6.40. The first-order chi connectivity index (χ1) is 9.09. The molecule has 3 nitrogen and oxygen atoms in total. The van der Waals surface area contributed by atoms with Crippen LogP contribution in [0.15, 0.2) is 36.1 Å². The molecule has 0 amide bonds. The Bertz CT molecular complexity index is 382. The van der Waals surface area contributed by atoms with E-state index in [1.54, 1.807) is 6.08 Å². The molecule has 19 heavy (non-hydrogen) atoms. The Morgan fingerprint density at radius 1 is 1.42 bits per heavy atom. The molecule has 0 spiro atoms. The predicted molar refractivity (Wildman–Crippen MR) is 78.6 cm³/mol. The molecule has 0 heterocycles. The summed E-state index contributed by atoms with van der Waals surface area (Å²) in [4.78, 5) is 11.5. The van der Waals surface area contributed by atoms with Crippen molar-refractivity contribution in [3.8, 4) is 0 Å². The van der Waals surface area contributed by atoms with Crippen LogP contribution in [-0.2, 0) is 9.53 Å². The van der Waals surface area contributed by atoms with Crippen molar-refractivity contribution in [1.82, 2.24) is 5.32 Å². The lowest BCUT2D eigenvalue weighted by Gasteiger charge is -2.28. The van der Waals surface area contributed by atoms with Crippen LogP contribution in [-0.4, -0.2) is 19.1 Å². The number of hydrogen-bond donors (Lipinski definition) is 1. The van der Waals surface area contributed by atoms with Gasteiger partial charge in [0.15, 0.2) is 0 Å². The smallest absolute Gasteiger partial charge is 0.332 e. The van der Waals surface area contributed by atoms with Crippen LogP contribution in [0.2, 0.25) is 0 Å². The molecular weight excluding hydrogens is 238 g/mol. The Morgan fingerprint density at radius 3 is 2.79 bits per heavy atom. The molecule has 1 N–H and O–H groups in total. The highest BCUT2D eigenvalue weighted by atomic mass is 16.5. The van der Waals surface area contributed by atoms with Gasteiger partial charge in [0, 0.05) is 23.7 Å². The third kappa shape index (κ3) is 5.77. The zero-order valence-electron chi connectivity index (χ0n) is 12.2. The zero-order chi connectivity index (χ0) is 14.1. The molecule has 0 aromatic heterocycles. The van der Waals surface area contributed by atoms with Crippen molar-refractivity contribution >= 4 is 5.97 Å². The van der Waals surface area contributed by atoms with Gasteiger partial charge in [0.25, 0.3) is 0 Å². The minimum Gasteiger partial charge on any atom is -0.463 e. The highest BCUT2D eigenvalue weighted by Crippen LogP contribution is 2.26. The van der Waals surface area contributed by atoms with Crippen molar-refractivity contribution in [2.45, 2.75) is 40.0 Å². The molecule has 3 heteroatoms. The third-order valence-corrected chi connectivity index (χ3v) is 3.15. The van der Waals surface area contributed by atoms with E-state index in [4.69, 9.17) is 4.74 Å². The number of carbonyl (C=O) groups excluding carboxylic acids is 1. The van der Waals surface area contributed by atoms with Crippen LogP contribution in [0, 0.1) is 5.41 Å². The van der Waals surface area contributed by atoms with E-state index in [2.05, 4.69) is 43.5 Å². The second-order valence-electron chi connectivity index (χ2n) is 5.17. The highest BCUT2D eigenvalue weighted by molar-refractivity contribution is 5.82. The summed E-state index contributed by atoms with van der Waals surface area (Å²) >= 11 is 0. The maximum atomic E-state index is 11.5. The van der Waals surface area contributed by atoms with Gasteiger partial charge in [-0.1, -0.05) is 44.6 Å². The Balaban J connectivity index is 2.56. The molecule has 0 aromatic carbocycles. The first-order valence-corrected chi connectivity index (χ1v) is 7.05. The average molecular weight is 263 g/mol. The van der Waals surface area contributed by atoms with Gasteiger partial charge < -0.3 is 10.1 Å². The largest absolute Gasteiger partial charge is 0.463 e. The zero-order valence-corrected chi connectivity index (χ0v) is 12.2. The van der Waals surface area contributed by atoms with Gasteiger partial charge in [-0.3, -0.25) is 0 Å². The molecule has 1 aliphatic rings. The minimum absolute atomic E-state index is 0.121. The van der Waals surface area contributed by atoms with Gasteiger partial charge in [-0.2, -0.15) is 0 Å². The maximum absolute atomic E-state index is 11.5. The lowest BCUT2D eigenvalue weighted by atomic mass is 9.83. The lowest BCUT2D eigenvalue weighted by molar-refractivity contribution is -0.137. The molecule has 1 unspecified atom stereocenters. The molecule has 0 fully saturated rings. The SMILES string of the molecule is CCC/C(=C/C(=O)OCC)NCC1(C)C=CC=CC1. The lowest BCUT2D eigenvalue weighted by Crippen LogP contribution is -2.30. The standard InChI is InChI=1S/C16H25NO2/c1-4-9-14(12-15(18)19-5-2)17-13-16(3)10-7-6-8-11-16/h6-8,10,12,17H,4-5,9,11,13H2,1-3H3/b14-12-. The molecule has 0 saturated heterocycles. The van der Waals surface area contributed by atoms with Crippen LogP contribution in [0.3, 0.4) is 0 Å². The van der Waals surface area contributed by atoms with Crippen LogP contribution >= 0.6 is 0 Å². The number of ether oxygens (including phenoxy) is 1. The maximum Gasteiger partial charge on any atom is 0.332 e. The summed E-state index contributed by atoms with van der Waals surface area (Å²) in [7, 11) is 0. The van der Waals surface area contributed by atoms with Crippen molar-refractivity contribution < 1.29 is 9.53 Å². The molecule has 1 aliphatic carbocycles. The molecule has 1 atom stereocenters.